The molecule has 2 atom stereocenters. The van der Waals surface area contributed by atoms with Gasteiger partial charge in [-0.05, 0) is 37.1 Å². The van der Waals surface area contributed by atoms with Crippen molar-refractivity contribution in [1.82, 2.24) is 10.2 Å². The summed E-state index contributed by atoms with van der Waals surface area (Å²) in [5.74, 6) is 0.535. The van der Waals surface area contributed by atoms with Gasteiger partial charge in [0.25, 0.3) is 0 Å². The summed E-state index contributed by atoms with van der Waals surface area (Å²) in [5.41, 5.74) is 3.14. The van der Waals surface area contributed by atoms with E-state index in [0.717, 1.165) is 16.9 Å². The van der Waals surface area contributed by atoms with Crippen LogP contribution in [0.3, 0.4) is 0 Å². The number of carbonyl (C=O) groups excluding carboxylic acids is 2. The molecule has 0 bridgehead atoms. The molecule has 0 saturated carbocycles. The van der Waals surface area contributed by atoms with Crippen LogP contribution >= 0.6 is 0 Å². The van der Waals surface area contributed by atoms with Crippen molar-refractivity contribution in [2.24, 2.45) is 0 Å². The van der Waals surface area contributed by atoms with Gasteiger partial charge in [-0.2, -0.15) is 0 Å². The van der Waals surface area contributed by atoms with Gasteiger partial charge in [0.2, 0.25) is 11.8 Å². The maximum atomic E-state index is 12.9. The minimum Gasteiger partial charge on any atom is -0.497 e. The molecule has 0 aliphatic heterocycles. The maximum absolute atomic E-state index is 12.9. The zero-order valence-electron chi connectivity index (χ0n) is 16.7. The lowest BCUT2D eigenvalue weighted by Crippen LogP contribution is -2.35. The highest BCUT2D eigenvalue weighted by Crippen LogP contribution is 2.24. The van der Waals surface area contributed by atoms with Crippen LogP contribution in [-0.2, 0) is 9.59 Å². The van der Waals surface area contributed by atoms with Gasteiger partial charge in [-0.25, -0.2) is 0 Å². The molecule has 0 aliphatic rings. The second kappa shape index (κ2) is 9.21. The van der Waals surface area contributed by atoms with Crippen molar-refractivity contribution >= 4 is 11.8 Å². The number of nitrogens with one attached hydrogen (secondary N) is 1. The number of methoxy groups -OCH3 is 1. The van der Waals surface area contributed by atoms with E-state index < -0.39 is 0 Å². The second-order valence-corrected chi connectivity index (χ2v) is 6.82. The summed E-state index contributed by atoms with van der Waals surface area (Å²) in [6, 6.07) is 15.1. The van der Waals surface area contributed by atoms with Crippen molar-refractivity contribution in [2.75, 3.05) is 14.2 Å². The van der Waals surface area contributed by atoms with Gasteiger partial charge in [0, 0.05) is 14.0 Å². The smallest absolute Gasteiger partial charge is 0.225 e. The van der Waals surface area contributed by atoms with E-state index in [4.69, 9.17) is 4.74 Å². The summed E-state index contributed by atoms with van der Waals surface area (Å²) in [4.78, 5) is 26.2. The first kappa shape index (κ1) is 20.5. The number of nitrogens with zero attached hydrogens (tertiary/aromatic N) is 1. The summed E-state index contributed by atoms with van der Waals surface area (Å²) in [6.45, 7) is 5.50. The first-order valence-electron chi connectivity index (χ1n) is 9.05. The van der Waals surface area contributed by atoms with E-state index in [0.29, 0.717) is 0 Å². The average Bonchev–Trinajstić information content (AvgIpc) is 2.66. The van der Waals surface area contributed by atoms with Gasteiger partial charge in [0.1, 0.15) is 5.75 Å². The Labute approximate surface area is 161 Å². The van der Waals surface area contributed by atoms with E-state index in [9.17, 15) is 9.59 Å². The minimum atomic E-state index is -0.381. The molecule has 27 heavy (non-hydrogen) atoms. The third-order valence-corrected chi connectivity index (χ3v) is 4.81. The Morgan fingerprint density at radius 2 is 1.59 bits per heavy atom. The molecule has 0 aliphatic carbocycles. The Kier molecular flexibility index (Phi) is 6.99. The topological polar surface area (TPSA) is 58.6 Å². The number of rotatable bonds is 7. The van der Waals surface area contributed by atoms with Crippen LogP contribution in [-0.4, -0.2) is 30.9 Å². The van der Waals surface area contributed by atoms with Gasteiger partial charge < -0.3 is 15.0 Å². The first-order chi connectivity index (χ1) is 12.8. The Bertz CT molecular complexity index is 769. The summed E-state index contributed by atoms with van der Waals surface area (Å²) in [5, 5.41) is 2.88. The average molecular weight is 368 g/mol. The van der Waals surface area contributed by atoms with Gasteiger partial charge in [0.15, 0.2) is 0 Å². The third kappa shape index (κ3) is 5.58. The van der Waals surface area contributed by atoms with Crippen LogP contribution in [0.2, 0.25) is 0 Å². The van der Waals surface area contributed by atoms with Crippen LogP contribution in [0.15, 0.2) is 48.5 Å². The normalized spacial score (nSPS) is 12.8. The fraction of sp³-hybridized carbons (Fsp3) is 0.364. The van der Waals surface area contributed by atoms with Gasteiger partial charge >= 0.3 is 0 Å². The quantitative estimate of drug-likeness (QED) is 0.809. The number of ether oxygens (including phenoxy) is 1. The molecule has 0 spiro atoms. The summed E-state index contributed by atoms with van der Waals surface area (Å²) >= 11 is 0. The van der Waals surface area contributed by atoms with Crippen LogP contribution in [0.4, 0.5) is 0 Å². The molecule has 5 nitrogen and oxygen atoms in total. The van der Waals surface area contributed by atoms with Crippen molar-refractivity contribution in [1.29, 1.82) is 0 Å². The fourth-order valence-electron chi connectivity index (χ4n) is 2.94. The van der Waals surface area contributed by atoms with Crippen LogP contribution in [0.25, 0.3) is 0 Å². The van der Waals surface area contributed by atoms with Crippen LogP contribution in [0, 0.1) is 6.92 Å². The monoisotopic (exact) mass is 368 g/mol. The van der Waals surface area contributed by atoms with Crippen molar-refractivity contribution < 1.29 is 14.3 Å². The van der Waals surface area contributed by atoms with E-state index in [1.54, 1.807) is 19.1 Å². The summed E-state index contributed by atoms with van der Waals surface area (Å²) in [6.07, 6.45) is 0.193. The zero-order valence-corrected chi connectivity index (χ0v) is 16.7. The Balaban J connectivity index is 2.13. The zero-order chi connectivity index (χ0) is 20.0. The van der Waals surface area contributed by atoms with E-state index in [2.05, 4.69) is 5.32 Å². The molecule has 144 valence electrons. The summed E-state index contributed by atoms with van der Waals surface area (Å²) in [7, 11) is 3.40. The highest BCUT2D eigenvalue weighted by atomic mass is 16.5. The predicted molar refractivity (Wildman–Crippen MR) is 107 cm³/mol. The molecule has 5 heteroatoms. The lowest BCUT2D eigenvalue weighted by Gasteiger charge is -2.28. The molecule has 0 radical (unpaired) electrons. The van der Waals surface area contributed by atoms with Crippen LogP contribution in [0.5, 0.6) is 5.75 Å². The Hall–Kier alpha value is -2.82. The molecular weight excluding hydrogens is 340 g/mol. The number of benzene rings is 2. The fourth-order valence-corrected chi connectivity index (χ4v) is 2.94. The molecule has 2 unspecified atom stereocenters. The van der Waals surface area contributed by atoms with Crippen LogP contribution in [0.1, 0.15) is 49.0 Å². The van der Waals surface area contributed by atoms with Crippen LogP contribution < -0.4 is 10.1 Å². The standard InChI is InChI=1S/C22H28N2O3/c1-15-6-8-18(9-7-15)16(2)24(4)22(26)14-21(23-17(3)25)19-10-12-20(27-5)13-11-19/h6-13,16,21H,14H2,1-5H3,(H,23,25). The molecule has 0 fully saturated rings. The molecule has 2 rings (SSSR count). The Morgan fingerprint density at radius 3 is 2.11 bits per heavy atom. The number of aryl methyl sites for hydroxylation is 1. The van der Waals surface area contributed by atoms with E-state index in [-0.39, 0.29) is 30.3 Å². The molecule has 2 aromatic carbocycles. The van der Waals surface area contributed by atoms with Crippen molar-refractivity contribution in [3.05, 3.63) is 65.2 Å². The SMILES string of the molecule is COc1ccc(C(CC(=O)N(C)C(C)c2ccc(C)cc2)NC(C)=O)cc1. The molecule has 0 heterocycles. The highest BCUT2D eigenvalue weighted by molar-refractivity contribution is 5.79. The first-order valence-corrected chi connectivity index (χ1v) is 9.05. The second-order valence-electron chi connectivity index (χ2n) is 6.82. The van der Waals surface area contributed by atoms with Crippen molar-refractivity contribution in [2.45, 2.75) is 39.3 Å². The van der Waals surface area contributed by atoms with E-state index >= 15 is 0 Å². The maximum Gasteiger partial charge on any atom is 0.225 e. The molecule has 2 aromatic rings. The molecule has 1 N–H and O–H groups in total. The lowest BCUT2D eigenvalue weighted by atomic mass is 10.0. The van der Waals surface area contributed by atoms with Gasteiger partial charge in [-0.1, -0.05) is 42.0 Å². The molecular formula is C22H28N2O3. The number of hydrogen-bond donors (Lipinski definition) is 1. The minimum absolute atomic E-state index is 0.0300. The lowest BCUT2D eigenvalue weighted by molar-refractivity contribution is -0.132. The molecule has 0 saturated heterocycles. The van der Waals surface area contributed by atoms with Gasteiger partial charge in [-0.15, -0.1) is 0 Å². The van der Waals surface area contributed by atoms with E-state index in [1.807, 2.05) is 62.4 Å². The van der Waals surface area contributed by atoms with Gasteiger partial charge in [0.05, 0.1) is 25.6 Å². The third-order valence-electron chi connectivity index (χ3n) is 4.81. The largest absolute Gasteiger partial charge is 0.497 e. The predicted octanol–water partition coefficient (Wildman–Crippen LogP) is 3.79. The van der Waals surface area contributed by atoms with E-state index in [1.165, 1.54) is 12.5 Å². The number of carbonyl (C=O) groups is 2. The van der Waals surface area contributed by atoms with Crippen molar-refractivity contribution in [3.63, 3.8) is 0 Å². The summed E-state index contributed by atoms with van der Waals surface area (Å²) < 4.78 is 5.18. The number of amides is 2. The number of hydrogen-bond acceptors (Lipinski definition) is 3. The Morgan fingerprint density at radius 1 is 1.04 bits per heavy atom. The molecule has 2 amide bonds. The van der Waals surface area contributed by atoms with Gasteiger partial charge in [-0.3, -0.25) is 9.59 Å². The van der Waals surface area contributed by atoms with Crippen molar-refractivity contribution in [3.8, 4) is 5.75 Å². The molecule has 0 aromatic heterocycles. The highest BCUT2D eigenvalue weighted by Gasteiger charge is 2.23.